The third kappa shape index (κ3) is 3.03. The van der Waals surface area contributed by atoms with Crippen molar-refractivity contribution in [1.29, 1.82) is 0 Å². The van der Waals surface area contributed by atoms with Crippen LogP contribution in [0.3, 0.4) is 0 Å². The van der Waals surface area contributed by atoms with Crippen LogP contribution in [0.2, 0.25) is 0 Å². The third-order valence-electron chi connectivity index (χ3n) is 4.24. The lowest BCUT2D eigenvalue weighted by Crippen LogP contribution is -2.42. The van der Waals surface area contributed by atoms with E-state index in [9.17, 15) is 14.4 Å². The predicted octanol–water partition coefficient (Wildman–Crippen LogP) is 2.29. The van der Waals surface area contributed by atoms with Gasteiger partial charge in [0.05, 0.1) is 6.67 Å². The molecule has 1 aromatic rings. The summed E-state index contributed by atoms with van der Waals surface area (Å²) in [5.41, 5.74) is 0. The second-order valence-corrected chi connectivity index (χ2v) is 7.43. The molecule has 0 radical (unpaired) electrons. The molecule has 1 unspecified atom stereocenters. The maximum atomic E-state index is 12.4. The molecule has 4 amide bonds. The molecule has 1 aromatic heterocycles. The van der Waals surface area contributed by atoms with Gasteiger partial charge in [0.2, 0.25) is 0 Å². The van der Waals surface area contributed by atoms with Crippen LogP contribution in [-0.2, 0) is 9.59 Å². The van der Waals surface area contributed by atoms with E-state index in [0.717, 1.165) is 29.2 Å². The quantitative estimate of drug-likeness (QED) is 0.612. The van der Waals surface area contributed by atoms with Gasteiger partial charge in [0.25, 0.3) is 0 Å². The molecule has 0 bridgehead atoms. The van der Waals surface area contributed by atoms with Crippen LogP contribution in [0.4, 0.5) is 4.79 Å². The van der Waals surface area contributed by atoms with E-state index in [0.29, 0.717) is 0 Å². The minimum atomic E-state index is -0.701. The van der Waals surface area contributed by atoms with Gasteiger partial charge in [-0.05, 0) is 30.2 Å². The SMILES string of the molecule is CC(C)CN1C(=O)C(=O)N(CN2CCCC2c2cccs2)C1=O. The van der Waals surface area contributed by atoms with E-state index in [-0.39, 0.29) is 25.2 Å². The van der Waals surface area contributed by atoms with Crippen molar-refractivity contribution in [2.24, 2.45) is 5.92 Å². The summed E-state index contributed by atoms with van der Waals surface area (Å²) in [6.45, 7) is 5.15. The molecule has 0 aliphatic carbocycles. The number of urea groups is 1. The number of imide groups is 2. The van der Waals surface area contributed by atoms with Gasteiger partial charge >= 0.3 is 17.8 Å². The van der Waals surface area contributed by atoms with E-state index in [2.05, 4.69) is 11.0 Å². The Morgan fingerprint density at radius 1 is 1.22 bits per heavy atom. The van der Waals surface area contributed by atoms with Gasteiger partial charge in [-0.3, -0.25) is 19.4 Å². The summed E-state index contributed by atoms with van der Waals surface area (Å²) in [6, 6.07) is 3.84. The minimum absolute atomic E-state index is 0.140. The molecule has 0 saturated carbocycles. The highest BCUT2D eigenvalue weighted by Crippen LogP contribution is 2.34. The Morgan fingerprint density at radius 3 is 2.61 bits per heavy atom. The number of amides is 4. The maximum Gasteiger partial charge on any atom is 0.335 e. The molecule has 0 spiro atoms. The average molecular weight is 335 g/mol. The Bertz CT molecular complexity index is 614. The number of rotatable bonds is 5. The summed E-state index contributed by atoms with van der Waals surface area (Å²) < 4.78 is 0. The average Bonchev–Trinajstić information content (AvgIpc) is 3.21. The maximum absolute atomic E-state index is 12.4. The lowest BCUT2D eigenvalue weighted by Gasteiger charge is -2.27. The highest BCUT2D eigenvalue weighted by Gasteiger charge is 2.46. The van der Waals surface area contributed by atoms with Crippen molar-refractivity contribution in [1.82, 2.24) is 14.7 Å². The molecule has 6 nitrogen and oxygen atoms in total. The molecule has 0 N–H and O–H groups in total. The Morgan fingerprint density at radius 2 is 1.96 bits per heavy atom. The first kappa shape index (κ1) is 16.1. The molecule has 0 aromatic carbocycles. The number of nitrogens with zero attached hydrogens (tertiary/aromatic N) is 3. The molecule has 2 aliphatic heterocycles. The van der Waals surface area contributed by atoms with Crippen molar-refractivity contribution in [3.8, 4) is 0 Å². The molecular formula is C16H21N3O3S. The van der Waals surface area contributed by atoms with Crippen LogP contribution in [0.25, 0.3) is 0 Å². The molecule has 3 rings (SSSR count). The van der Waals surface area contributed by atoms with Crippen LogP contribution in [0.1, 0.15) is 37.6 Å². The van der Waals surface area contributed by atoms with E-state index in [1.807, 2.05) is 25.3 Å². The monoisotopic (exact) mass is 335 g/mol. The van der Waals surface area contributed by atoms with E-state index in [1.165, 1.54) is 4.88 Å². The first-order valence-corrected chi connectivity index (χ1v) is 8.81. The topological polar surface area (TPSA) is 60.9 Å². The fourth-order valence-electron chi connectivity index (χ4n) is 3.18. The molecule has 1 atom stereocenters. The normalized spacial score (nSPS) is 22.9. The van der Waals surface area contributed by atoms with Gasteiger partial charge in [0, 0.05) is 24.0 Å². The van der Waals surface area contributed by atoms with Crippen molar-refractivity contribution >= 4 is 29.2 Å². The number of hydrogen-bond donors (Lipinski definition) is 0. The number of carbonyl (C=O) groups is 3. The third-order valence-corrected chi connectivity index (χ3v) is 5.21. The summed E-state index contributed by atoms with van der Waals surface area (Å²) in [5.74, 6) is -1.26. The lowest BCUT2D eigenvalue weighted by atomic mass is 10.2. The Labute approximate surface area is 139 Å². The zero-order valence-corrected chi connectivity index (χ0v) is 14.2. The van der Waals surface area contributed by atoms with Crippen LogP contribution in [0, 0.1) is 5.92 Å². The fourth-order valence-corrected chi connectivity index (χ4v) is 4.08. The number of carbonyl (C=O) groups excluding carboxylic acids is 3. The van der Waals surface area contributed by atoms with Crippen molar-refractivity contribution < 1.29 is 14.4 Å². The Hall–Kier alpha value is -1.73. The summed E-state index contributed by atoms with van der Waals surface area (Å²) in [7, 11) is 0. The van der Waals surface area contributed by atoms with Crippen LogP contribution in [0.5, 0.6) is 0 Å². The second-order valence-electron chi connectivity index (χ2n) is 6.45. The van der Waals surface area contributed by atoms with Crippen molar-refractivity contribution in [2.75, 3.05) is 19.8 Å². The van der Waals surface area contributed by atoms with Gasteiger partial charge in [-0.25, -0.2) is 9.69 Å². The van der Waals surface area contributed by atoms with E-state index in [4.69, 9.17) is 0 Å². The van der Waals surface area contributed by atoms with Gasteiger partial charge in [0.1, 0.15) is 0 Å². The molecule has 2 aliphatic rings. The molecule has 2 saturated heterocycles. The van der Waals surface area contributed by atoms with E-state index >= 15 is 0 Å². The van der Waals surface area contributed by atoms with E-state index in [1.54, 1.807) is 11.3 Å². The zero-order valence-electron chi connectivity index (χ0n) is 13.4. The van der Waals surface area contributed by atoms with Gasteiger partial charge in [-0.2, -0.15) is 0 Å². The highest BCUT2D eigenvalue weighted by atomic mass is 32.1. The van der Waals surface area contributed by atoms with Crippen LogP contribution < -0.4 is 0 Å². The molecule has 3 heterocycles. The summed E-state index contributed by atoms with van der Waals surface area (Å²) in [6.07, 6.45) is 2.04. The zero-order chi connectivity index (χ0) is 16.6. The Balaban J connectivity index is 1.73. The van der Waals surface area contributed by atoms with Crippen molar-refractivity contribution in [3.05, 3.63) is 22.4 Å². The first-order chi connectivity index (χ1) is 11.0. The number of thiophene rings is 1. The largest absolute Gasteiger partial charge is 0.335 e. The highest BCUT2D eigenvalue weighted by molar-refractivity contribution is 7.10. The van der Waals surface area contributed by atoms with Crippen LogP contribution >= 0.6 is 11.3 Å². The van der Waals surface area contributed by atoms with Gasteiger partial charge < -0.3 is 0 Å². The fraction of sp³-hybridized carbons (Fsp3) is 0.562. The van der Waals surface area contributed by atoms with E-state index < -0.39 is 17.8 Å². The predicted molar refractivity (Wildman–Crippen MR) is 86.7 cm³/mol. The summed E-state index contributed by atoms with van der Waals surface area (Å²) in [5, 5.41) is 2.03. The Kier molecular flexibility index (Phi) is 4.50. The molecule has 2 fully saturated rings. The van der Waals surface area contributed by atoms with Gasteiger partial charge in [0.15, 0.2) is 0 Å². The number of hydrogen-bond acceptors (Lipinski definition) is 5. The van der Waals surface area contributed by atoms with Crippen LogP contribution in [-0.4, -0.2) is 52.3 Å². The van der Waals surface area contributed by atoms with Crippen molar-refractivity contribution in [2.45, 2.75) is 32.7 Å². The standard InChI is InChI=1S/C16H21N3O3S/c1-11(2)9-18-14(20)15(21)19(16(18)22)10-17-7-3-5-12(17)13-6-4-8-23-13/h4,6,8,11-12H,3,5,7,9-10H2,1-2H3. The van der Waals surface area contributed by atoms with Gasteiger partial charge in [-0.15, -0.1) is 11.3 Å². The number of likely N-dealkylation sites (tertiary alicyclic amines) is 1. The van der Waals surface area contributed by atoms with Gasteiger partial charge in [-0.1, -0.05) is 19.9 Å². The van der Waals surface area contributed by atoms with Crippen molar-refractivity contribution in [3.63, 3.8) is 0 Å². The molecule has 7 heteroatoms. The lowest BCUT2D eigenvalue weighted by molar-refractivity contribution is -0.144. The second kappa shape index (κ2) is 6.41. The summed E-state index contributed by atoms with van der Waals surface area (Å²) in [4.78, 5) is 42.2. The summed E-state index contributed by atoms with van der Waals surface area (Å²) >= 11 is 1.69. The smallest absolute Gasteiger partial charge is 0.278 e. The molecule has 124 valence electrons. The molecular weight excluding hydrogens is 314 g/mol. The minimum Gasteiger partial charge on any atom is -0.278 e. The first-order valence-electron chi connectivity index (χ1n) is 7.93. The molecule has 23 heavy (non-hydrogen) atoms. The van der Waals surface area contributed by atoms with Crippen LogP contribution in [0.15, 0.2) is 17.5 Å².